The van der Waals surface area contributed by atoms with Gasteiger partial charge in [0, 0.05) is 32.7 Å². The van der Waals surface area contributed by atoms with Crippen LogP contribution in [0, 0.1) is 17.5 Å². The summed E-state index contributed by atoms with van der Waals surface area (Å²) in [6.45, 7) is 4.29. The molecule has 6 nitrogen and oxygen atoms in total. The van der Waals surface area contributed by atoms with Gasteiger partial charge < -0.3 is 15.1 Å². The van der Waals surface area contributed by atoms with Crippen molar-refractivity contribution in [3.63, 3.8) is 0 Å². The number of carbonyl (C=O) groups excluding carboxylic acids is 1. The fourth-order valence-electron chi connectivity index (χ4n) is 2.77. The van der Waals surface area contributed by atoms with E-state index in [4.69, 9.17) is 0 Å². The lowest BCUT2D eigenvalue weighted by molar-refractivity contribution is 0.0740. The summed E-state index contributed by atoms with van der Waals surface area (Å²) in [5, 5.41) is 11.3. The molecule has 138 valence electrons. The summed E-state index contributed by atoms with van der Waals surface area (Å²) < 4.78 is 40.2. The van der Waals surface area contributed by atoms with Crippen LogP contribution in [0.4, 0.5) is 24.8 Å². The highest BCUT2D eigenvalue weighted by molar-refractivity contribution is 5.94. The predicted molar refractivity (Wildman–Crippen MR) is 90.6 cm³/mol. The lowest BCUT2D eigenvalue weighted by Gasteiger charge is -2.35. The number of nitrogens with zero attached hydrogens (tertiary/aromatic N) is 4. The molecule has 2 heterocycles. The maximum absolute atomic E-state index is 13.8. The van der Waals surface area contributed by atoms with Crippen LogP contribution in [-0.4, -0.2) is 53.7 Å². The Labute approximate surface area is 148 Å². The van der Waals surface area contributed by atoms with Crippen LogP contribution in [0.15, 0.2) is 24.3 Å². The van der Waals surface area contributed by atoms with Gasteiger partial charge in [-0.2, -0.15) is 0 Å². The third kappa shape index (κ3) is 3.56. The van der Waals surface area contributed by atoms with E-state index >= 15 is 0 Å². The molecule has 0 saturated carbocycles. The standard InChI is InChI=1S/C17H18F3N5O/c1-2-21-13-5-6-14(23-22-13)24-7-9-25(10-8-24)17(26)11-3-4-12(18)16(20)15(11)19/h3-6H,2,7-10H2,1H3,(H,21,22). The number of piperazine rings is 1. The molecule has 1 saturated heterocycles. The van der Waals surface area contributed by atoms with Crippen LogP contribution in [0.1, 0.15) is 17.3 Å². The highest BCUT2D eigenvalue weighted by atomic mass is 19.2. The Morgan fingerprint density at radius 1 is 1.04 bits per heavy atom. The van der Waals surface area contributed by atoms with E-state index in [1.54, 1.807) is 0 Å². The smallest absolute Gasteiger partial charge is 0.257 e. The fraction of sp³-hybridized carbons (Fsp3) is 0.353. The van der Waals surface area contributed by atoms with E-state index in [9.17, 15) is 18.0 Å². The Bertz CT molecular complexity index is 792. The molecule has 1 N–H and O–H groups in total. The Morgan fingerprint density at radius 2 is 1.77 bits per heavy atom. The molecule has 0 unspecified atom stereocenters. The number of rotatable bonds is 4. The van der Waals surface area contributed by atoms with Crippen LogP contribution in [0.2, 0.25) is 0 Å². The number of aromatic nitrogens is 2. The van der Waals surface area contributed by atoms with E-state index in [0.717, 1.165) is 18.7 Å². The molecule has 1 aliphatic heterocycles. The van der Waals surface area contributed by atoms with Gasteiger partial charge in [-0.1, -0.05) is 0 Å². The highest BCUT2D eigenvalue weighted by Crippen LogP contribution is 2.19. The van der Waals surface area contributed by atoms with Crippen molar-refractivity contribution in [2.75, 3.05) is 42.9 Å². The second kappa shape index (κ2) is 7.59. The quantitative estimate of drug-likeness (QED) is 0.843. The average molecular weight is 365 g/mol. The van der Waals surface area contributed by atoms with Crippen molar-refractivity contribution in [3.8, 4) is 0 Å². The van der Waals surface area contributed by atoms with Gasteiger partial charge in [-0.05, 0) is 31.2 Å². The number of hydrogen-bond donors (Lipinski definition) is 1. The van der Waals surface area contributed by atoms with Crippen molar-refractivity contribution >= 4 is 17.5 Å². The number of carbonyl (C=O) groups is 1. The molecule has 1 aliphatic rings. The molecule has 0 spiro atoms. The predicted octanol–water partition coefficient (Wildman–Crippen LogP) is 2.29. The van der Waals surface area contributed by atoms with Crippen LogP contribution in [-0.2, 0) is 0 Å². The summed E-state index contributed by atoms with van der Waals surface area (Å²) in [7, 11) is 0. The lowest BCUT2D eigenvalue weighted by atomic mass is 10.1. The molecule has 1 aromatic heterocycles. The molecular formula is C17H18F3N5O. The maximum atomic E-state index is 13.8. The van der Waals surface area contributed by atoms with E-state index in [1.807, 2.05) is 24.0 Å². The zero-order valence-corrected chi connectivity index (χ0v) is 14.2. The zero-order chi connectivity index (χ0) is 18.7. The van der Waals surface area contributed by atoms with E-state index in [-0.39, 0.29) is 0 Å². The first-order valence-corrected chi connectivity index (χ1v) is 8.26. The highest BCUT2D eigenvalue weighted by Gasteiger charge is 2.26. The first-order chi connectivity index (χ1) is 12.5. The Balaban J connectivity index is 1.65. The van der Waals surface area contributed by atoms with Crippen molar-refractivity contribution in [3.05, 3.63) is 47.3 Å². The van der Waals surface area contributed by atoms with Gasteiger partial charge in [0.2, 0.25) is 0 Å². The van der Waals surface area contributed by atoms with Gasteiger partial charge in [-0.15, -0.1) is 10.2 Å². The van der Waals surface area contributed by atoms with Gasteiger partial charge >= 0.3 is 0 Å². The third-order valence-electron chi connectivity index (χ3n) is 4.16. The van der Waals surface area contributed by atoms with Gasteiger partial charge in [0.15, 0.2) is 23.3 Å². The van der Waals surface area contributed by atoms with Gasteiger partial charge in [0.05, 0.1) is 5.56 Å². The van der Waals surface area contributed by atoms with Crippen molar-refractivity contribution < 1.29 is 18.0 Å². The van der Waals surface area contributed by atoms with Crippen molar-refractivity contribution in [2.45, 2.75) is 6.92 Å². The number of anilines is 2. The van der Waals surface area contributed by atoms with Crippen LogP contribution in [0.5, 0.6) is 0 Å². The fourth-order valence-corrected chi connectivity index (χ4v) is 2.77. The lowest BCUT2D eigenvalue weighted by Crippen LogP contribution is -2.49. The number of halogens is 3. The van der Waals surface area contributed by atoms with Gasteiger partial charge in [-0.25, -0.2) is 13.2 Å². The molecule has 0 radical (unpaired) electrons. The second-order valence-corrected chi connectivity index (χ2v) is 5.81. The van der Waals surface area contributed by atoms with Crippen LogP contribution >= 0.6 is 0 Å². The Kier molecular flexibility index (Phi) is 5.24. The molecule has 9 heteroatoms. The van der Waals surface area contributed by atoms with Gasteiger partial charge in [0.1, 0.15) is 5.82 Å². The monoisotopic (exact) mass is 365 g/mol. The summed E-state index contributed by atoms with van der Waals surface area (Å²) in [5.74, 6) is -3.71. The normalized spacial score (nSPS) is 14.5. The molecule has 2 aromatic rings. The van der Waals surface area contributed by atoms with E-state index in [2.05, 4.69) is 15.5 Å². The largest absolute Gasteiger partial charge is 0.369 e. The minimum absolute atomic E-state index is 0.313. The van der Waals surface area contributed by atoms with Crippen LogP contribution in [0.3, 0.4) is 0 Å². The van der Waals surface area contributed by atoms with Crippen LogP contribution in [0.25, 0.3) is 0 Å². The molecule has 3 rings (SSSR count). The minimum atomic E-state index is -1.63. The first kappa shape index (κ1) is 18.0. The van der Waals surface area contributed by atoms with Crippen molar-refractivity contribution in [2.24, 2.45) is 0 Å². The van der Waals surface area contributed by atoms with E-state index < -0.39 is 28.9 Å². The molecule has 0 atom stereocenters. The van der Waals surface area contributed by atoms with Gasteiger partial charge in [-0.3, -0.25) is 4.79 Å². The summed E-state index contributed by atoms with van der Waals surface area (Å²) in [6, 6.07) is 5.37. The topological polar surface area (TPSA) is 61.4 Å². The SMILES string of the molecule is CCNc1ccc(N2CCN(C(=O)c3ccc(F)c(F)c3F)CC2)nn1. The number of nitrogens with one attached hydrogen (secondary N) is 1. The summed E-state index contributed by atoms with van der Waals surface area (Å²) in [6.07, 6.45) is 0. The van der Waals surface area contributed by atoms with Crippen LogP contribution < -0.4 is 10.2 Å². The summed E-state index contributed by atoms with van der Waals surface area (Å²) >= 11 is 0. The second-order valence-electron chi connectivity index (χ2n) is 5.81. The minimum Gasteiger partial charge on any atom is -0.369 e. The maximum Gasteiger partial charge on any atom is 0.257 e. The Morgan fingerprint density at radius 3 is 2.38 bits per heavy atom. The number of hydrogen-bond acceptors (Lipinski definition) is 5. The van der Waals surface area contributed by atoms with Gasteiger partial charge in [0.25, 0.3) is 5.91 Å². The summed E-state index contributed by atoms with van der Waals surface area (Å²) in [5.41, 5.74) is -0.466. The van der Waals surface area contributed by atoms with E-state index in [0.29, 0.717) is 37.8 Å². The molecule has 1 fully saturated rings. The summed E-state index contributed by atoms with van der Waals surface area (Å²) in [4.78, 5) is 15.7. The molecule has 1 amide bonds. The van der Waals surface area contributed by atoms with Crippen molar-refractivity contribution in [1.82, 2.24) is 15.1 Å². The third-order valence-corrected chi connectivity index (χ3v) is 4.16. The molecular weight excluding hydrogens is 347 g/mol. The zero-order valence-electron chi connectivity index (χ0n) is 14.2. The molecule has 0 aliphatic carbocycles. The number of amides is 1. The van der Waals surface area contributed by atoms with Crippen molar-refractivity contribution in [1.29, 1.82) is 0 Å². The first-order valence-electron chi connectivity index (χ1n) is 8.26. The molecule has 0 bridgehead atoms. The molecule has 26 heavy (non-hydrogen) atoms. The molecule has 1 aromatic carbocycles. The Hall–Kier alpha value is -2.84. The number of benzene rings is 1. The van der Waals surface area contributed by atoms with E-state index in [1.165, 1.54) is 4.90 Å². The average Bonchev–Trinajstić information content (AvgIpc) is 2.67.